The molecule has 0 bridgehead atoms. The number of ether oxygens (including phenoxy) is 2. The first-order valence-electron chi connectivity index (χ1n) is 8.15. The maximum absolute atomic E-state index is 9.52. The summed E-state index contributed by atoms with van der Waals surface area (Å²) >= 11 is 0. The van der Waals surface area contributed by atoms with Crippen LogP contribution in [0.1, 0.15) is 35.2 Å². The average molecular weight is 301 g/mol. The van der Waals surface area contributed by atoms with Crippen LogP contribution in [0.2, 0.25) is 0 Å². The second-order valence-corrected chi connectivity index (χ2v) is 5.96. The van der Waals surface area contributed by atoms with Gasteiger partial charge < -0.3 is 9.47 Å². The predicted octanol–water partition coefficient (Wildman–Crippen LogP) is 1.85. The molecule has 1 aromatic rings. The molecule has 118 valence electrons. The fourth-order valence-electron chi connectivity index (χ4n) is 3.30. The molecule has 1 aromatic heterocycles. The topological polar surface area (TPSA) is 58.4 Å². The van der Waals surface area contributed by atoms with Crippen LogP contribution in [0, 0.1) is 18.3 Å². The van der Waals surface area contributed by atoms with E-state index in [9.17, 15) is 5.26 Å². The third-order valence-electron chi connectivity index (χ3n) is 4.55. The van der Waals surface area contributed by atoms with Gasteiger partial charge in [-0.25, -0.2) is 4.98 Å². The van der Waals surface area contributed by atoms with Crippen LogP contribution < -0.4 is 4.74 Å². The molecule has 1 fully saturated rings. The van der Waals surface area contributed by atoms with E-state index >= 15 is 0 Å². The molecule has 0 radical (unpaired) electrons. The number of hydrogen-bond donors (Lipinski definition) is 0. The molecule has 5 heteroatoms. The van der Waals surface area contributed by atoms with Crippen molar-refractivity contribution in [2.45, 2.75) is 32.6 Å². The zero-order chi connectivity index (χ0) is 15.4. The van der Waals surface area contributed by atoms with E-state index in [0.29, 0.717) is 18.1 Å². The summed E-state index contributed by atoms with van der Waals surface area (Å²) in [6, 6.07) is 2.32. The second-order valence-electron chi connectivity index (χ2n) is 5.96. The first-order valence-corrected chi connectivity index (χ1v) is 8.15. The predicted molar refractivity (Wildman–Crippen MR) is 83.1 cm³/mol. The smallest absolute Gasteiger partial charge is 0.232 e. The Morgan fingerprint density at radius 3 is 2.68 bits per heavy atom. The van der Waals surface area contributed by atoms with Crippen molar-refractivity contribution in [1.82, 2.24) is 9.88 Å². The maximum Gasteiger partial charge on any atom is 0.232 e. The number of aryl methyl sites for hydroxylation is 1. The molecule has 1 aliphatic heterocycles. The van der Waals surface area contributed by atoms with E-state index in [2.05, 4.69) is 16.0 Å². The zero-order valence-corrected chi connectivity index (χ0v) is 13.2. The molecule has 22 heavy (non-hydrogen) atoms. The Morgan fingerprint density at radius 1 is 1.23 bits per heavy atom. The Hall–Kier alpha value is -1.64. The number of morpholine rings is 1. The SMILES string of the molecule is Cc1nc(OCCN2CCOCC2)c(C#N)c2c1CCCC2. The molecule has 5 nitrogen and oxygen atoms in total. The molecule has 3 rings (SSSR count). The quantitative estimate of drug-likeness (QED) is 0.849. The van der Waals surface area contributed by atoms with Gasteiger partial charge in [0, 0.05) is 25.3 Å². The van der Waals surface area contributed by atoms with Gasteiger partial charge in [0.15, 0.2) is 0 Å². The lowest BCUT2D eigenvalue weighted by Crippen LogP contribution is -2.38. The van der Waals surface area contributed by atoms with Crippen molar-refractivity contribution >= 4 is 0 Å². The summed E-state index contributed by atoms with van der Waals surface area (Å²) in [4.78, 5) is 6.87. The number of hydrogen-bond acceptors (Lipinski definition) is 5. The number of rotatable bonds is 4. The standard InChI is InChI=1S/C17H23N3O2/c1-13-14-4-2-3-5-15(14)16(12-18)17(19-13)22-11-8-20-6-9-21-10-7-20/h2-11H2,1H3. The van der Waals surface area contributed by atoms with Gasteiger partial charge in [0.25, 0.3) is 0 Å². The fraction of sp³-hybridized carbons (Fsp3) is 0.647. The van der Waals surface area contributed by atoms with Crippen LogP contribution in [-0.4, -0.2) is 49.3 Å². The number of fused-ring (bicyclic) bond motifs is 1. The second kappa shape index (κ2) is 7.08. The average Bonchev–Trinajstić information content (AvgIpc) is 2.56. The third-order valence-corrected chi connectivity index (χ3v) is 4.55. The van der Waals surface area contributed by atoms with Crippen molar-refractivity contribution in [1.29, 1.82) is 5.26 Å². The van der Waals surface area contributed by atoms with Crippen molar-refractivity contribution in [2.24, 2.45) is 0 Å². The van der Waals surface area contributed by atoms with E-state index in [1.807, 2.05) is 6.92 Å². The minimum absolute atomic E-state index is 0.522. The summed E-state index contributed by atoms with van der Waals surface area (Å²) in [5, 5.41) is 9.52. The van der Waals surface area contributed by atoms with E-state index < -0.39 is 0 Å². The van der Waals surface area contributed by atoms with Crippen LogP contribution >= 0.6 is 0 Å². The molecule has 0 N–H and O–H groups in total. The summed E-state index contributed by atoms with van der Waals surface area (Å²) in [7, 11) is 0. The van der Waals surface area contributed by atoms with E-state index in [-0.39, 0.29) is 0 Å². The van der Waals surface area contributed by atoms with Crippen molar-refractivity contribution in [3.63, 3.8) is 0 Å². The Bertz CT molecular complexity index is 574. The van der Waals surface area contributed by atoms with Crippen molar-refractivity contribution in [2.75, 3.05) is 39.5 Å². The summed E-state index contributed by atoms with van der Waals surface area (Å²) < 4.78 is 11.2. The highest BCUT2D eigenvalue weighted by atomic mass is 16.5. The molecule has 0 spiro atoms. The van der Waals surface area contributed by atoms with Crippen LogP contribution in [-0.2, 0) is 17.6 Å². The third kappa shape index (κ3) is 3.23. The van der Waals surface area contributed by atoms with Crippen LogP contribution in [0.5, 0.6) is 5.88 Å². The molecule has 1 saturated heterocycles. The monoisotopic (exact) mass is 301 g/mol. The van der Waals surface area contributed by atoms with Gasteiger partial charge in [0.2, 0.25) is 5.88 Å². The van der Waals surface area contributed by atoms with Crippen LogP contribution in [0.15, 0.2) is 0 Å². The van der Waals surface area contributed by atoms with Crippen molar-refractivity contribution < 1.29 is 9.47 Å². The van der Waals surface area contributed by atoms with Crippen LogP contribution in [0.4, 0.5) is 0 Å². The molecular weight excluding hydrogens is 278 g/mol. The van der Waals surface area contributed by atoms with E-state index in [0.717, 1.165) is 57.8 Å². The molecule has 0 unspecified atom stereocenters. The summed E-state index contributed by atoms with van der Waals surface area (Å²) in [6.45, 7) is 6.93. The molecule has 2 aliphatic rings. The maximum atomic E-state index is 9.52. The van der Waals surface area contributed by atoms with Crippen LogP contribution in [0.25, 0.3) is 0 Å². The van der Waals surface area contributed by atoms with Gasteiger partial charge >= 0.3 is 0 Å². The molecule has 2 heterocycles. The van der Waals surface area contributed by atoms with E-state index in [1.54, 1.807) is 0 Å². The van der Waals surface area contributed by atoms with Gasteiger partial charge in [-0.3, -0.25) is 4.90 Å². The molecule has 0 saturated carbocycles. The fourth-order valence-corrected chi connectivity index (χ4v) is 3.30. The Balaban J connectivity index is 1.70. The van der Waals surface area contributed by atoms with Gasteiger partial charge in [0.1, 0.15) is 18.2 Å². The minimum Gasteiger partial charge on any atom is -0.475 e. The van der Waals surface area contributed by atoms with Gasteiger partial charge in [-0.15, -0.1) is 0 Å². The van der Waals surface area contributed by atoms with E-state index in [4.69, 9.17) is 9.47 Å². The lowest BCUT2D eigenvalue weighted by atomic mass is 9.88. The summed E-state index contributed by atoms with van der Waals surface area (Å²) in [5.41, 5.74) is 4.11. The highest BCUT2D eigenvalue weighted by Gasteiger charge is 2.21. The summed E-state index contributed by atoms with van der Waals surface area (Å²) in [6.07, 6.45) is 4.36. The first-order chi connectivity index (χ1) is 10.8. The molecule has 0 aromatic carbocycles. The highest BCUT2D eigenvalue weighted by Crippen LogP contribution is 2.31. The normalized spacial score (nSPS) is 18.5. The zero-order valence-electron chi connectivity index (χ0n) is 13.2. The number of pyridine rings is 1. The number of aromatic nitrogens is 1. The Kier molecular flexibility index (Phi) is 4.91. The molecular formula is C17H23N3O2. The lowest BCUT2D eigenvalue weighted by molar-refractivity contribution is 0.0319. The lowest BCUT2D eigenvalue weighted by Gasteiger charge is -2.26. The van der Waals surface area contributed by atoms with Gasteiger partial charge in [-0.05, 0) is 43.7 Å². The number of nitriles is 1. The summed E-state index contributed by atoms with van der Waals surface area (Å²) in [5.74, 6) is 0.522. The van der Waals surface area contributed by atoms with Crippen molar-refractivity contribution in [3.05, 3.63) is 22.4 Å². The minimum atomic E-state index is 0.522. The molecule has 0 atom stereocenters. The number of nitrogens with zero attached hydrogens (tertiary/aromatic N) is 3. The van der Waals surface area contributed by atoms with E-state index in [1.165, 1.54) is 17.5 Å². The van der Waals surface area contributed by atoms with Crippen molar-refractivity contribution in [3.8, 4) is 11.9 Å². The van der Waals surface area contributed by atoms with Gasteiger partial charge in [-0.2, -0.15) is 5.26 Å². The van der Waals surface area contributed by atoms with Gasteiger partial charge in [0.05, 0.1) is 13.2 Å². The largest absolute Gasteiger partial charge is 0.475 e. The Morgan fingerprint density at radius 2 is 1.95 bits per heavy atom. The highest BCUT2D eigenvalue weighted by molar-refractivity contribution is 5.51. The van der Waals surface area contributed by atoms with Crippen LogP contribution in [0.3, 0.4) is 0 Å². The van der Waals surface area contributed by atoms with Gasteiger partial charge in [-0.1, -0.05) is 0 Å². The molecule has 0 amide bonds. The first kappa shape index (κ1) is 15.3. The Labute approximate surface area is 131 Å². The molecule has 1 aliphatic carbocycles.